The second-order valence-corrected chi connectivity index (χ2v) is 7.64. The van der Waals surface area contributed by atoms with Crippen molar-refractivity contribution in [2.75, 3.05) is 0 Å². The van der Waals surface area contributed by atoms with Crippen LogP contribution < -0.4 is 19.8 Å². The lowest BCUT2D eigenvalue weighted by atomic mass is 10.1. The molecule has 33 heavy (non-hydrogen) atoms. The first kappa shape index (κ1) is 23.9. The highest BCUT2D eigenvalue weighted by Gasteiger charge is 2.31. The van der Waals surface area contributed by atoms with Crippen molar-refractivity contribution in [1.29, 1.82) is 0 Å². The van der Waals surface area contributed by atoms with Crippen LogP contribution in [0.1, 0.15) is 18.5 Å². The molecular formula is C18H15F3N4O7S. The molecule has 3 rings (SSSR count). The monoisotopic (exact) mass is 488 g/mol. The minimum absolute atomic E-state index is 0.118. The quantitative estimate of drug-likeness (QED) is 0.474. The molecule has 2 N–H and O–H groups in total. The summed E-state index contributed by atoms with van der Waals surface area (Å²) in [6, 6.07) is 7.96. The van der Waals surface area contributed by atoms with Crippen LogP contribution in [-0.2, 0) is 21.7 Å². The molecule has 2 aromatic carbocycles. The Balaban J connectivity index is 1.73. The molecule has 1 amide bonds. The van der Waals surface area contributed by atoms with Crippen LogP contribution in [0.2, 0.25) is 0 Å². The Bertz CT molecular complexity index is 1340. The van der Waals surface area contributed by atoms with Gasteiger partial charge in [-0.15, -0.1) is 18.3 Å². The molecular weight excluding hydrogens is 473 g/mol. The third-order valence-corrected chi connectivity index (χ3v) is 4.59. The predicted molar refractivity (Wildman–Crippen MR) is 106 cm³/mol. The van der Waals surface area contributed by atoms with Gasteiger partial charge in [0.05, 0.1) is 11.4 Å². The SMILES string of the molecule is C[C@H](NC(=O)Cn1nnc2c(OS(=O)(=O)O)cccc2c1=O)c1ccc(OC(F)(F)F)cc1. The summed E-state index contributed by atoms with van der Waals surface area (Å²) in [5, 5.41) is 9.70. The van der Waals surface area contributed by atoms with Crippen LogP contribution in [0.5, 0.6) is 11.5 Å². The summed E-state index contributed by atoms with van der Waals surface area (Å²) < 4.78 is 76.3. The van der Waals surface area contributed by atoms with E-state index in [1.807, 2.05) is 0 Å². The third-order valence-electron chi connectivity index (χ3n) is 4.20. The first-order chi connectivity index (χ1) is 15.3. The summed E-state index contributed by atoms with van der Waals surface area (Å²) >= 11 is 0. The fourth-order valence-corrected chi connectivity index (χ4v) is 3.19. The number of hydrogen-bond acceptors (Lipinski definition) is 8. The van der Waals surface area contributed by atoms with Gasteiger partial charge in [-0.05, 0) is 36.8 Å². The minimum Gasteiger partial charge on any atom is -0.406 e. The van der Waals surface area contributed by atoms with Crippen LogP contribution in [0.3, 0.4) is 0 Å². The van der Waals surface area contributed by atoms with E-state index in [1.54, 1.807) is 6.92 Å². The third kappa shape index (κ3) is 6.39. The second-order valence-electron chi connectivity index (χ2n) is 6.62. The Hall–Kier alpha value is -3.72. The molecule has 0 saturated carbocycles. The van der Waals surface area contributed by atoms with Crippen molar-refractivity contribution >= 4 is 27.2 Å². The van der Waals surface area contributed by atoms with Crippen molar-refractivity contribution in [3.63, 3.8) is 0 Å². The average molecular weight is 488 g/mol. The van der Waals surface area contributed by atoms with Gasteiger partial charge in [0.2, 0.25) is 5.91 Å². The number of carbonyl (C=O) groups is 1. The molecule has 15 heteroatoms. The fourth-order valence-electron chi connectivity index (χ4n) is 2.83. The van der Waals surface area contributed by atoms with E-state index in [1.165, 1.54) is 24.3 Å². The molecule has 0 aliphatic carbocycles. The number of fused-ring (bicyclic) bond motifs is 1. The number of ether oxygens (including phenoxy) is 1. The Labute approximate surface area is 183 Å². The van der Waals surface area contributed by atoms with Crippen molar-refractivity contribution in [1.82, 2.24) is 20.3 Å². The van der Waals surface area contributed by atoms with Crippen molar-refractivity contribution in [2.45, 2.75) is 25.9 Å². The first-order valence-electron chi connectivity index (χ1n) is 9.01. The number of nitrogens with one attached hydrogen (secondary N) is 1. The number of rotatable bonds is 7. The number of halogens is 3. The molecule has 0 fully saturated rings. The van der Waals surface area contributed by atoms with Crippen LogP contribution in [0.15, 0.2) is 47.3 Å². The number of nitrogens with zero attached hydrogens (tertiary/aromatic N) is 3. The number of aromatic nitrogens is 3. The van der Waals surface area contributed by atoms with Crippen molar-refractivity contribution in [3.8, 4) is 11.5 Å². The summed E-state index contributed by atoms with van der Waals surface area (Å²) in [6.45, 7) is 1.02. The van der Waals surface area contributed by atoms with Gasteiger partial charge in [0.1, 0.15) is 17.8 Å². The van der Waals surface area contributed by atoms with Crippen LogP contribution >= 0.6 is 0 Å². The minimum atomic E-state index is -4.87. The zero-order chi connectivity index (χ0) is 24.4. The van der Waals surface area contributed by atoms with Crippen LogP contribution in [-0.4, -0.2) is 40.2 Å². The van der Waals surface area contributed by atoms with E-state index in [2.05, 4.69) is 24.5 Å². The van der Waals surface area contributed by atoms with E-state index in [9.17, 15) is 31.2 Å². The van der Waals surface area contributed by atoms with Gasteiger partial charge in [0.25, 0.3) is 5.56 Å². The van der Waals surface area contributed by atoms with Gasteiger partial charge in [-0.1, -0.05) is 23.4 Å². The van der Waals surface area contributed by atoms with E-state index >= 15 is 0 Å². The van der Waals surface area contributed by atoms with Gasteiger partial charge in [0.15, 0.2) is 5.75 Å². The zero-order valence-electron chi connectivity index (χ0n) is 16.6. The number of benzene rings is 2. The smallest absolute Gasteiger partial charge is 0.406 e. The highest BCUT2D eigenvalue weighted by molar-refractivity contribution is 7.81. The summed E-state index contributed by atoms with van der Waals surface area (Å²) in [5.41, 5.74) is -0.551. The molecule has 0 unspecified atom stereocenters. The lowest BCUT2D eigenvalue weighted by Crippen LogP contribution is -2.35. The van der Waals surface area contributed by atoms with E-state index in [-0.39, 0.29) is 10.9 Å². The number of carbonyl (C=O) groups excluding carboxylic acids is 1. The molecule has 0 radical (unpaired) electrons. The van der Waals surface area contributed by atoms with Gasteiger partial charge >= 0.3 is 16.8 Å². The molecule has 0 bridgehead atoms. The standard InChI is InChI=1S/C18H15F3N4O7S/c1-10(11-5-7-12(8-6-11)31-18(19,20)21)22-15(26)9-25-17(27)13-3-2-4-14(16(13)23-24-25)32-33(28,29)30/h2-8,10H,9H2,1H3,(H,22,26)(H,28,29,30)/t10-/m0/s1. The van der Waals surface area contributed by atoms with Gasteiger partial charge in [0, 0.05) is 0 Å². The number of hydrogen-bond donors (Lipinski definition) is 2. The second kappa shape index (κ2) is 9.03. The molecule has 176 valence electrons. The van der Waals surface area contributed by atoms with E-state index < -0.39 is 52.3 Å². The maximum absolute atomic E-state index is 12.6. The summed E-state index contributed by atoms with van der Waals surface area (Å²) in [5.74, 6) is -1.50. The van der Waals surface area contributed by atoms with Crippen LogP contribution in [0, 0.1) is 0 Å². The normalized spacial score (nSPS) is 12.9. The molecule has 0 saturated heterocycles. The predicted octanol–water partition coefficient (Wildman–Crippen LogP) is 1.75. The Kier molecular flexibility index (Phi) is 6.55. The Morgan fingerprint density at radius 1 is 1.21 bits per heavy atom. The molecule has 0 aliphatic heterocycles. The summed E-state index contributed by atoms with van der Waals surface area (Å²) in [6.07, 6.45) is -4.82. The van der Waals surface area contributed by atoms with E-state index in [0.717, 1.165) is 22.9 Å². The van der Waals surface area contributed by atoms with E-state index in [4.69, 9.17) is 4.55 Å². The largest absolute Gasteiger partial charge is 0.573 e. The lowest BCUT2D eigenvalue weighted by molar-refractivity contribution is -0.274. The van der Waals surface area contributed by atoms with Gasteiger partial charge in [-0.2, -0.15) is 8.42 Å². The zero-order valence-corrected chi connectivity index (χ0v) is 17.4. The molecule has 1 atom stereocenters. The molecule has 1 aromatic heterocycles. The van der Waals surface area contributed by atoms with E-state index in [0.29, 0.717) is 5.56 Å². The summed E-state index contributed by atoms with van der Waals surface area (Å²) in [7, 11) is -4.87. The van der Waals surface area contributed by atoms with Crippen LogP contribution in [0.25, 0.3) is 10.9 Å². The fraction of sp³-hybridized carbons (Fsp3) is 0.222. The summed E-state index contributed by atoms with van der Waals surface area (Å²) in [4.78, 5) is 24.9. The number of amides is 1. The molecule has 0 spiro atoms. The maximum atomic E-state index is 12.6. The molecule has 0 aliphatic rings. The Morgan fingerprint density at radius 2 is 1.88 bits per heavy atom. The molecule has 1 heterocycles. The van der Waals surface area contributed by atoms with Crippen molar-refractivity contribution < 1.29 is 39.9 Å². The first-order valence-corrected chi connectivity index (χ1v) is 10.4. The van der Waals surface area contributed by atoms with Crippen molar-refractivity contribution in [3.05, 3.63) is 58.4 Å². The topological polar surface area (TPSA) is 150 Å². The number of alkyl halides is 3. The van der Waals surface area contributed by atoms with Gasteiger partial charge < -0.3 is 14.2 Å². The Morgan fingerprint density at radius 3 is 2.48 bits per heavy atom. The van der Waals surface area contributed by atoms with Crippen molar-refractivity contribution in [2.24, 2.45) is 0 Å². The van der Waals surface area contributed by atoms with Gasteiger partial charge in [-0.3, -0.25) is 14.1 Å². The molecule has 3 aromatic rings. The average Bonchev–Trinajstić information content (AvgIpc) is 2.68. The maximum Gasteiger partial charge on any atom is 0.573 e. The van der Waals surface area contributed by atoms with Crippen LogP contribution in [0.4, 0.5) is 13.2 Å². The molecule has 11 nitrogen and oxygen atoms in total. The lowest BCUT2D eigenvalue weighted by Gasteiger charge is -2.15. The highest BCUT2D eigenvalue weighted by Crippen LogP contribution is 2.24. The van der Waals surface area contributed by atoms with Gasteiger partial charge in [-0.25, -0.2) is 4.68 Å². The highest BCUT2D eigenvalue weighted by atomic mass is 32.3.